The van der Waals surface area contributed by atoms with Crippen LogP contribution in [0.15, 0.2) is 0 Å². The first-order valence-electron chi connectivity index (χ1n) is 5.72. The summed E-state index contributed by atoms with van der Waals surface area (Å²) in [6, 6.07) is 0.147. The summed E-state index contributed by atoms with van der Waals surface area (Å²) < 4.78 is 0. The lowest BCUT2D eigenvalue weighted by atomic mass is 10.1. The first kappa shape index (κ1) is 12.5. The number of aliphatic hydroxyl groups excluding tert-OH is 1. The predicted octanol–water partition coefficient (Wildman–Crippen LogP) is 0.343. The molecule has 0 aromatic heterocycles. The van der Waals surface area contributed by atoms with Crippen molar-refractivity contribution in [3.63, 3.8) is 0 Å². The molecule has 0 spiro atoms. The fourth-order valence-corrected chi connectivity index (χ4v) is 1.79. The average molecular weight is 214 g/mol. The fourth-order valence-electron chi connectivity index (χ4n) is 1.79. The number of amides is 1. The van der Waals surface area contributed by atoms with Crippen molar-refractivity contribution in [3.05, 3.63) is 0 Å². The summed E-state index contributed by atoms with van der Waals surface area (Å²) >= 11 is 0. The summed E-state index contributed by atoms with van der Waals surface area (Å²) in [7, 11) is 0. The van der Waals surface area contributed by atoms with Gasteiger partial charge in [0, 0.05) is 25.0 Å². The Labute approximate surface area is 91.4 Å². The molecule has 0 aromatic carbocycles. The summed E-state index contributed by atoms with van der Waals surface area (Å²) in [6.07, 6.45) is 2.75. The summed E-state index contributed by atoms with van der Waals surface area (Å²) in [5.41, 5.74) is 5.90. The maximum atomic E-state index is 11.9. The number of aliphatic hydroxyl groups is 1. The monoisotopic (exact) mass is 214 g/mol. The minimum atomic E-state index is 0.0115. The molecule has 0 bridgehead atoms. The minimum absolute atomic E-state index is 0.0115. The van der Waals surface area contributed by atoms with E-state index in [9.17, 15) is 4.79 Å². The SMILES string of the molecule is CC(C)N(CCO)C(=O)CC(N)C1CC1. The molecule has 1 atom stereocenters. The van der Waals surface area contributed by atoms with Gasteiger partial charge < -0.3 is 15.7 Å². The zero-order valence-corrected chi connectivity index (χ0v) is 9.65. The Balaban J connectivity index is 2.40. The lowest BCUT2D eigenvalue weighted by Crippen LogP contribution is -2.42. The molecular formula is C11H22N2O2. The molecule has 0 aromatic rings. The van der Waals surface area contributed by atoms with E-state index in [0.29, 0.717) is 18.9 Å². The van der Waals surface area contributed by atoms with Crippen molar-refractivity contribution in [1.82, 2.24) is 4.90 Å². The number of hydrogen-bond acceptors (Lipinski definition) is 3. The van der Waals surface area contributed by atoms with Crippen LogP contribution in [0.1, 0.15) is 33.1 Å². The minimum Gasteiger partial charge on any atom is -0.395 e. The highest BCUT2D eigenvalue weighted by Gasteiger charge is 2.31. The molecule has 1 unspecified atom stereocenters. The molecule has 0 saturated heterocycles. The molecule has 1 amide bonds. The summed E-state index contributed by atoms with van der Waals surface area (Å²) in [6.45, 7) is 4.34. The van der Waals surface area contributed by atoms with E-state index in [0.717, 1.165) is 12.8 Å². The molecule has 0 aliphatic heterocycles. The number of carbonyl (C=O) groups excluding carboxylic acids is 1. The van der Waals surface area contributed by atoms with Gasteiger partial charge >= 0.3 is 0 Å². The van der Waals surface area contributed by atoms with Crippen LogP contribution in [-0.2, 0) is 4.79 Å². The number of nitrogens with zero attached hydrogens (tertiary/aromatic N) is 1. The number of rotatable bonds is 6. The Bertz CT molecular complexity index is 215. The average Bonchev–Trinajstić information content (AvgIpc) is 2.95. The first-order chi connectivity index (χ1) is 7.06. The highest BCUT2D eigenvalue weighted by atomic mass is 16.3. The van der Waals surface area contributed by atoms with E-state index in [1.807, 2.05) is 13.8 Å². The van der Waals surface area contributed by atoms with Gasteiger partial charge in [-0.15, -0.1) is 0 Å². The second-order valence-corrected chi connectivity index (χ2v) is 4.61. The lowest BCUT2D eigenvalue weighted by molar-refractivity contribution is -0.133. The van der Waals surface area contributed by atoms with Crippen molar-refractivity contribution >= 4 is 5.91 Å². The van der Waals surface area contributed by atoms with Crippen molar-refractivity contribution in [3.8, 4) is 0 Å². The van der Waals surface area contributed by atoms with Crippen LogP contribution in [0, 0.1) is 5.92 Å². The van der Waals surface area contributed by atoms with Crippen LogP contribution < -0.4 is 5.73 Å². The molecule has 0 heterocycles. The molecule has 4 heteroatoms. The van der Waals surface area contributed by atoms with Crippen LogP contribution in [0.5, 0.6) is 0 Å². The molecule has 15 heavy (non-hydrogen) atoms. The van der Waals surface area contributed by atoms with E-state index in [1.54, 1.807) is 4.90 Å². The van der Waals surface area contributed by atoms with Crippen LogP contribution in [0.25, 0.3) is 0 Å². The van der Waals surface area contributed by atoms with Crippen LogP contribution in [-0.4, -0.2) is 41.1 Å². The summed E-state index contributed by atoms with van der Waals surface area (Å²) in [4.78, 5) is 13.5. The van der Waals surface area contributed by atoms with Gasteiger partial charge in [-0.3, -0.25) is 4.79 Å². The van der Waals surface area contributed by atoms with Gasteiger partial charge in [-0.1, -0.05) is 0 Å². The first-order valence-corrected chi connectivity index (χ1v) is 5.72. The van der Waals surface area contributed by atoms with Crippen molar-refractivity contribution < 1.29 is 9.90 Å². The zero-order chi connectivity index (χ0) is 11.4. The molecule has 0 radical (unpaired) electrons. The third-order valence-electron chi connectivity index (χ3n) is 2.92. The van der Waals surface area contributed by atoms with Crippen molar-refractivity contribution in [1.29, 1.82) is 0 Å². The third kappa shape index (κ3) is 3.80. The molecule has 1 aliphatic rings. The normalized spacial score (nSPS) is 17.9. The Morgan fingerprint density at radius 3 is 2.53 bits per heavy atom. The molecule has 1 saturated carbocycles. The van der Waals surface area contributed by atoms with E-state index in [4.69, 9.17) is 10.8 Å². The Morgan fingerprint density at radius 1 is 1.53 bits per heavy atom. The van der Waals surface area contributed by atoms with Crippen molar-refractivity contribution in [2.45, 2.75) is 45.2 Å². The Morgan fingerprint density at radius 2 is 2.13 bits per heavy atom. The quantitative estimate of drug-likeness (QED) is 0.670. The largest absolute Gasteiger partial charge is 0.395 e. The van der Waals surface area contributed by atoms with E-state index >= 15 is 0 Å². The third-order valence-corrected chi connectivity index (χ3v) is 2.92. The smallest absolute Gasteiger partial charge is 0.224 e. The second-order valence-electron chi connectivity index (χ2n) is 4.61. The number of carbonyl (C=O) groups is 1. The molecule has 4 nitrogen and oxygen atoms in total. The molecule has 3 N–H and O–H groups in total. The van der Waals surface area contributed by atoms with E-state index in [1.165, 1.54) is 0 Å². The van der Waals surface area contributed by atoms with Crippen molar-refractivity contribution in [2.75, 3.05) is 13.2 Å². The molecule has 88 valence electrons. The van der Waals surface area contributed by atoms with Crippen LogP contribution in [0.3, 0.4) is 0 Å². The maximum Gasteiger partial charge on any atom is 0.224 e. The van der Waals surface area contributed by atoms with Crippen LogP contribution >= 0.6 is 0 Å². The van der Waals surface area contributed by atoms with Gasteiger partial charge in [0.25, 0.3) is 0 Å². The number of nitrogens with two attached hydrogens (primary N) is 1. The summed E-state index contributed by atoms with van der Waals surface area (Å²) in [5.74, 6) is 0.621. The maximum absolute atomic E-state index is 11.9. The van der Waals surface area contributed by atoms with Gasteiger partial charge in [0.05, 0.1) is 6.61 Å². The van der Waals surface area contributed by atoms with Crippen molar-refractivity contribution in [2.24, 2.45) is 11.7 Å². The molecule has 1 fully saturated rings. The molecular weight excluding hydrogens is 192 g/mol. The van der Waals surface area contributed by atoms with Crippen LogP contribution in [0.2, 0.25) is 0 Å². The lowest BCUT2D eigenvalue weighted by Gasteiger charge is -2.27. The van der Waals surface area contributed by atoms with Gasteiger partial charge in [-0.2, -0.15) is 0 Å². The van der Waals surface area contributed by atoms with Gasteiger partial charge in [-0.05, 0) is 32.6 Å². The van der Waals surface area contributed by atoms with Gasteiger partial charge in [0.15, 0.2) is 0 Å². The second kappa shape index (κ2) is 5.47. The Hall–Kier alpha value is -0.610. The number of hydrogen-bond donors (Lipinski definition) is 2. The predicted molar refractivity (Wildman–Crippen MR) is 59.3 cm³/mol. The zero-order valence-electron chi connectivity index (χ0n) is 9.65. The van der Waals surface area contributed by atoms with E-state index < -0.39 is 0 Å². The molecule has 1 aliphatic carbocycles. The topological polar surface area (TPSA) is 66.6 Å². The highest BCUT2D eigenvalue weighted by molar-refractivity contribution is 5.77. The standard InChI is InChI=1S/C11H22N2O2/c1-8(2)13(5-6-14)11(15)7-10(12)9-3-4-9/h8-10,14H,3-7,12H2,1-2H3. The van der Waals surface area contributed by atoms with Gasteiger partial charge in [0.2, 0.25) is 5.91 Å². The van der Waals surface area contributed by atoms with Gasteiger partial charge in [0.1, 0.15) is 0 Å². The van der Waals surface area contributed by atoms with Gasteiger partial charge in [-0.25, -0.2) is 0 Å². The van der Waals surface area contributed by atoms with E-state index in [2.05, 4.69) is 0 Å². The summed E-state index contributed by atoms with van der Waals surface area (Å²) in [5, 5.41) is 8.86. The Kier molecular flexibility index (Phi) is 4.54. The van der Waals surface area contributed by atoms with E-state index in [-0.39, 0.29) is 24.6 Å². The molecule has 1 rings (SSSR count). The van der Waals surface area contributed by atoms with Crippen LogP contribution in [0.4, 0.5) is 0 Å². The highest BCUT2D eigenvalue weighted by Crippen LogP contribution is 2.33. The fraction of sp³-hybridized carbons (Fsp3) is 0.909.